The molecule has 0 aromatic rings. The highest BCUT2D eigenvalue weighted by atomic mass is 19.4. The molecule has 0 spiro atoms. The second-order valence-electron chi connectivity index (χ2n) is 3.41. The van der Waals surface area contributed by atoms with Crippen LogP contribution in [0.15, 0.2) is 0 Å². The van der Waals surface area contributed by atoms with Crippen LogP contribution in [-0.2, 0) is 14.3 Å². The Kier molecular flexibility index (Phi) is 3.74. The van der Waals surface area contributed by atoms with Crippen molar-refractivity contribution >= 4 is 11.9 Å². The van der Waals surface area contributed by atoms with Gasteiger partial charge in [0.25, 0.3) is 0 Å². The highest BCUT2D eigenvalue weighted by molar-refractivity contribution is 5.87. The van der Waals surface area contributed by atoms with Crippen LogP contribution in [0.25, 0.3) is 0 Å². The van der Waals surface area contributed by atoms with Crippen molar-refractivity contribution in [3.05, 3.63) is 0 Å². The molecule has 0 radical (unpaired) electrons. The first kappa shape index (κ1) is 12.8. The van der Waals surface area contributed by atoms with Gasteiger partial charge in [0.1, 0.15) is 6.04 Å². The lowest BCUT2D eigenvalue weighted by Gasteiger charge is -2.20. The molecule has 0 aliphatic carbocycles. The summed E-state index contributed by atoms with van der Waals surface area (Å²) in [6.45, 7) is 0.325. The van der Waals surface area contributed by atoms with Gasteiger partial charge in [-0.05, 0) is 6.42 Å². The van der Waals surface area contributed by atoms with E-state index in [0.717, 1.165) is 0 Å². The summed E-state index contributed by atoms with van der Waals surface area (Å²) < 4.78 is 40.6. The number of rotatable bonds is 3. The fraction of sp³-hybridized carbons (Fsp3) is 0.750. The minimum Gasteiger partial charge on any atom is -0.480 e. The zero-order valence-electron chi connectivity index (χ0n) is 8.08. The summed E-state index contributed by atoms with van der Waals surface area (Å²) in [5.74, 6) is -4.36. The van der Waals surface area contributed by atoms with Crippen molar-refractivity contribution in [2.45, 2.75) is 18.6 Å². The first-order chi connectivity index (χ1) is 7.32. The topological polar surface area (TPSA) is 75.6 Å². The summed E-state index contributed by atoms with van der Waals surface area (Å²) in [5, 5.41) is 10.2. The molecule has 2 N–H and O–H groups in total. The SMILES string of the molecule is O=C(O)C(NC(=O)C(F)(F)F)C1CCOC1. The second kappa shape index (κ2) is 4.69. The molecule has 1 heterocycles. The maximum absolute atomic E-state index is 11.9. The number of halogens is 3. The zero-order chi connectivity index (χ0) is 12.3. The minimum atomic E-state index is -5.08. The summed E-state index contributed by atoms with van der Waals surface area (Å²) in [5.41, 5.74) is 0. The molecule has 2 unspecified atom stereocenters. The van der Waals surface area contributed by atoms with E-state index in [0.29, 0.717) is 6.42 Å². The maximum atomic E-state index is 11.9. The Balaban J connectivity index is 2.65. The van der Waals surface area contributed by atoms with Crippen molar-refractivity contribution in [2.24, 2.45) is 5.92 Å². The van der Waals surface area contributed by atoms with Gasteiger partial charge in [-0.15, -0.1) is 0 Å². The highest BCUT2D eigenvalue weighted by Gasteiger charge is 2.43. The predicted octanol–water partition coefficient (Wildman–Crippen LogP) is 0.155. The van der Waals surface area contributed by atoms with E-state index in [1.807, 2.05) is 0 Å². The van der Waals surface area contributed by atoms with E-state index >= 15 is 0 Å². The fourth-order valence-electron chi connectivity index (χ4n) is 1.42. The molecule has 0 aromatic carbocycles. The van der Waals surface area contributed by atoms with Crippen LogP contribution < -0.4 is 5.32 Å². The number of amides is 1. The second-order valence-corrected chi connectivity index (χ2v) is 3.41. The third-order valence-corrected chi connectivity index (χ3v) is 2.25. The van der Waals surface area contributed by atoms with Crippen LogP contribution >= 0.6 is 0 Å². The average Bonchev–Trinajstić information content (AvgIpc) is 2.63. The van der Waals surface area contributed by atoms with Gasteiger partial charge in [-0.1, -0.05) is 0 Å². The molecule has 1 aliphatic rings. The van der Waals surface area contributed by atoms with E-state index in [-0.39, 0.29) is 13.2 Å². The highest BCUT2D eigenvalue weighted by Crippen LogP contribution is 2.20. The van der Waals surface area contributed by atoms with Crippen LogP contribution in [0.1, 0.15) is 6.42 Å². The monoisotopic (exact) mass is 241 g/mol. The van der Waals surface area contributed by atoms with Crippen LogP contribution in [0.2, 0.25) is 0 Å². The molecule has 1 rings (SSSR count). The summed E-state index contributed by atoms with van der Waals surface area (Å²) in [7, 11) is 0. The summed E-state index contributed by atoms with van der Waals surface area (Å²) in [6, 6.07) is -1.56. The molecule has 1 saturated heterocycles. The van der Waals surface area contributed by atoms with E-state index in [4.69, 9.17) is 9.84 Å². The van der Waals surface area contributed by atoms with Gasteiger partial charge in [-0.2, -0.15) is 13.2 Å². The van der Waals surface area contributed by atoms with Crippen LogP contribution in [0, 0.1) is 5.92 Å². The largest absolute Gasteiger partial charge is 0.480 e. The molecule has 92 valence electrons. The van der Waals surface area contributed by atoms with Gasteiger partial charge < -0.3 is 15.2 Å². The molecule has 16 heavy (non-hydrogen) atoms. The molecular weight excluding hydrogens is 231 g/mol. The van der Waals surface area contributed by atoms with E-state index in [1.54, 1.807) is 0 Å². The van der Waals surface area contributed by atoms with Gasteiger partial charge in [-0.3, -0.25) is 4.79 Å². The molecule has 1 amide bonds. The Bertz CT molecular complexity index is 285. The third-order valence-electron chi connectivity index (χ3n) is 2.25. The molecule has 8 heteroatoms. The first-order valence-electron chi connectivity index (χ1n) is 4.50. The van der Waals surface area contributed by atoms with Gasteiger partial charge in [0.2, 0.25) is 0 Å². The van der Waals surface area contributed by atoms with Crippen molar-refractivity contribution in [3.63, 3.8) is 0 Å². The number of nitrogens with one attached hydrogen (secondary N) is 1. The normalized spacial score (nSPS) is 22.8. The Morgan fingerprint density at radius 2 is 2.06 bits per heavy atom. The first-order valence-corrected chi connectivity index (χ1v) is 4.50. The zero-order valence-corrected chi connectivity index (χ0v) is 8.08. The smallest absolute Gasteiger partial charge is 0.471 e. The Labute approximate surface area is 88.6 Å². The molecule has 5 nitrogen and oxygen atoms in total. The van der Waals surface area contributed by atoms with E-state index in [9.17, 15) is 22.8 Å². The minimum absolute atomic E-state index is 0.0368. The van der Waals surface area contributed by atoms with Crippen LogP contribution in [0.5, 0.6) is 0 Å². The molecule has 0 bridgehead atoms. The van der Waals surface area contributed by atoms with Crippen molar-refractivity contribution in [1.82, 2.24) is 5.32 Å². The fourth-order valence-corrected chi connectivity index (χ4v) is 1.42. The number of ether oxygens (including phenoxy) is 1. The third kappa shape index (κ3) is 3.09. The Hall–Kier alpha value is -1.31. The molecule has 0 aromatic heterocycles. The van der Waals surface area contributed by atoms with Crippen LogP contribution in [-0.4, -0.2) is 42.4 Å². The number of hydrogen-bond acceptors (Lipinski definition) is 3. The van der Waals surface area contributed by atoms with Gasteiger partial charge in [0.05, 0.1) is 6.61 Å². The van der Waals surface area contributed by atoms with E-state index in [2.05, 4.69) is 0 Å². The number of carboxylic acid groups (broad SMARTS) is 1. The molecule has 2 atom stereocenters. The number of carboxylic acids is 1. The van der Waals surface area contributed by atoms with Gasteiger partial charge in [0, 0.05) is 12.5 Å². The van der Waals surface area contributed by atoms with E-state index < -0.39 is 30.0 Å². The molecule has 1 aliphatic heterocycles. The molecular formula is C8H10F3NO4. The lowest BCUT2D eigenvalue weighted by Crippen LogP contribution is -2.50. The Morgan fingerprint density at radius 1 is 1.44 bits per heavy atom. The van der Waals surface area contributed by atoms with E-state index in [1.165, 1.54) is 5.32 Å². The van der Waals surface area contributed by atoms with Gasteiger partial charge in [-0.25, -0.2) is 4.79 Å². The predicted molar refractivity (Wildman–Crippen MR) is 44.5 cm³/mol. The lowest BCUT2D eigenvalue weighted by molar-refractivity contribution is -0.176. The summed E-state index contributed by atoms with van der Waals surface area (Å²) >= 11 is 0. The molecule has 1 fully saturated rings. The van der Waals surface area contributed by atoms with Crippen LogP contribution in [0.4, 0.5) is 13.2 Å². The van der Waals surface area contributed by atoms with Crippen molar-refractivity contribution in [3.8, 4) is 0 Å². The lowest BCUT2D eigenvalue weighted by atomic mass is 9.99. The van der Waals surface area contributed by atoms with Crippen LogP contribution in [0.3, 0.4) is 0 Å². The maximum Gasteiger partial charge on any atom is 0.471 e. The number of carbonyl (C=O) groups excluding carboxylic acids is 1. The summed E-state index contributed by atoms with van der Waals surface area (Å²) in [4.78, 5) is 21.3. The summed E-state index contributed by atoms with van der Waals surface area (Å²) in [6.07, 6.45) is -4.76. The quantitative estimate of drug-likeness (QED) is 0.737. The number of aliphatic carboxylic acids is 1. The molecule has 0 saturated carbocycles. The van der Waals surface area contributed by atoms with Gasteiger partial charge >= 0.3 is 18.1 Å². The standard InChI is InChI=1S/C8H10F3NO4/c9-8(10,11)7(15)12-5(6(13)14)4-1-2-16-3-4/h4-5H,1-3H2,(H,12,15)(H,13,14). The van der Waals surface area contributed by atoms with Crippen molar-refractivity contribution < 1.29 is 32.6 Å². The number of alkyl halides is 3. The van der Waals surface area contributed by atoms with Crippen molar-refractivity contribution in [2.75, 3.05) is 13.2 Å². The van der Waals surface area contributed by atoms with Gasteiger partial charge in [0.15, 0.2) is 0 Å². The number of hydrogen-bond donors (Lipinski definition) is 2. The van der Waals surface area contributed by atoms with Crippen molar-refractivity contribution in [1.29, 1.82) is 0 Å². The Morgan fingerprint density at radius 3 is 2.44 bits per heavy atom. The average molecular weight is 241 g/mol. The number of carbonyl (C=O) groups is 2.